The van der Waals surface area contributed by atoms with Gasteiger partial charge in [0.25, 0.3) is 0 Å². The topological polar surface area (TPSA) is 60.8 Å². The maximum atomic E-state index is 10.7. The third kappa shape index (κ3) is 7.14. The van der Waals surface area contributed by atoms with E-state index in [1.807, 2.05) is 12.1 Å². The van der Waals surface area contributed by atoms with Gasteiger partial charge in [0, 0.05) is 13.1 Å². The van der Waals surface area contributed by atoms with E-state index in [0.717, 1.165) is 18.5 Å². The lowest BCUT2D eigenvalue weighted by molar-refractivity contribution is -0.137. The maximum Gasteiger partial charge on any atom is 0.304 e. The zero-order chi connectivity index (χ0) is 17.5. The number of nitrogens with zero attached hydrogens (tertiary/aromatic N) is 1. The van der Waals surface area contributed by atoms with Crippen molar-refractivity contribution in [2.45, 2.75) is 58.5 Å². The van der Waals surface area contributed by atoms with E-state index in [2.05, 4.69) is 44.7 Å². The standard InChI is InChI=1S/C19H31NO3/c1-5-12-20(14-11-18(22)23)13-10-17(21)15-6-8-16(9-7-15)19(2,3)4/h6-9,17,21H,5,10-14H2,1-4H3,(H,22,23). The van der Waals surface area contributed by atoms with Crippen molar-refractivity contribution < 1.29 is 15.0 Å². The molecule has 23 heavy (non-hydrogen) atoms. The molecular weight excluding hydrogens is 290 g/mol. The lowest BCUT2D eigenvalue weighted by Gasteiger charge is -2.23. The second-order valence-electron chi connectivity index (χ2n) is 7.16. The molecule has 4 nitrogen and oxygen atoms in total. The molecule has 1 atom stereocenters. The van der Waals surface area contributed by atoms with Crippen LogP contribution in [0.5, 0.6) is 0 Å². The zero-order valence-electron chi connectivity index (χ0n) is 14.9. The summed E-state index contributed by atoms with van der Waals surface area (Å²) < 4.78 is 0. The first-order valence-corrected chi connectivity index (χ1v) is 8.46. The van der Waals surface area contributed by atoms with Crippen LogP contribution in [0.1, 0.15) is 64.2 Å². The third-order valence-electron chi connectivity index (χ3n) is 4.06. The monoisotopic (exact) mass is 321 g/mol. The molecule has 0 aromatic heterocycles. The van der Waals surface area contributed by atoms with Crippen LogP contribution in [0.4, 0.5) is 0 Å². The minimum Gasteiger partial charge on any atom is -0.481 e. The minimum absolute atomic E-state index is 0.109. The molecule has 0 aliphatic heterocycles. The van der Waals surface area contributed by atoms with Gasteiger partial charge >= 0.3 is 5.97 Å². The summed E-state index contributed by atoms with van der Waals surface area (Å²) in [5.74, 6) is -0.774. The van der Waals surface area contributed by atoms with Gasteiger partial charge in [0.05, 0.1) is 12.5 Å². The SMILES string of the molecule is CCCN(CCC(=O)O)CCC(O)c1ccc(C(C)(C)C)cc1. The predicted molar refractivity (Wildman–Crippen MR) is 93.7 cm³/mol. The molecule has 0 saturated carbocycles. The molecule has 0 fully saturated rings. The molecule has 0 aliphatic rings. The summed E-state index contributed by atoms with van der Waals surface area (Å²) in [6.07, 6.45) is 1.24. The van der Waals surface area contributed by atoms with E-state index in [1.54, 1.807) is 0 Å². The summed E-state index contributed by atoms with van der Waals surface area (Å²) in [6.45, 7) is 10.7. The first kappa shape index (κ1) is 19.7. The fourth-order valence-corrected chi connectivity index (χ4v) is 2.58. The summed E-state index contributed by atoms with van der Waals surface area (Å²) in [5.41, 5.74) is 2.29. The number of hydrogen-bond donors (Lipinski definition) is 2. The molecule has 1 unspecified atom stereocenters. The second-order valence-corrected chi connectivity index (χ2v) is 7.16. The first-order valence-electron chi connectivity index (χ1n) is 8.46. The van der Waals surface area contributed by atoms with Crippen molar-refractivity contribution in [3.05, 3.63) is 35.4 Å². The van der Waals surface area contributed by atoms with E-state index in [1.165, 1.54) is 5.56 Å². The average molecular weight is 321 g/mol. The maximum absolute atomic E-state index is 10.7. The number of carboxylic acid groups (broad SMARTS) is 1. The normalized spacial score (nSPS) is 13.3. The number of benzene rings is 1. The van der Waals surface area contributed by atoms with Crippen molar-refractivity contribution in [1.29, 1.82) is 0 Å². The molecule has 1 aromatic rings. The highest BCUT2D eigenvalue weighted by molar-refractivity contribution is 5.66. The van der Waals surface area contributed by atoms with Crippen LogP contribution in [-0.4, -0.2) is 40.7 Å². The van der Waals surface area contributed by atoms with Gasteiger partial charge in [-0.2, -0.15) is 0 Å². The van der Waals surface area contributed by atoms with Gasteiger partial charge in [0.15, 0.2) is 0 Å². The van der Waals surface area contributed by atoms with Crippen LogP contribution in [0, 0.1) is 0 Å². The van der Waals surface area contributed by atoms with Gasteiger partial charge in [-0.1, -0.05) is 52.0 Å². The Labute approximate surface area is 140 Å². The molecule has 0 radical (unpaired) electrons. The van der Waals surface area contributed by atoms with Gasteiger partial charge in [-0.15, -0.1) is 0 Å². The molecular formula is C19H31NO3. The van der Waals surface area contributed by atoms with E-state index in [-0.39, 0.29) is 11.8 Å². The quantitative estimate of drug-likeness (QED) is 0.729. The van der Waals surface area contributed by atoms with E-state index in [9.17, 15) is 9.90 Å². The molecule has 0 heterocycles. The summed E-state index contributed by atoms with van der Waals surface area (Å²) in [6, 6.07) is 8.14. The molecule has 130 valence electrons. The highest BCUT2D eigenvalue weighted by atomic mass is 16.4. The van der Waals surface area contributed by atoms with Crippen molar-refractivity contribution in [3.8, 4) is 0 Å². The highest BCUT2D eigenvalue weighted by Crippen LogP contribution is 2.25. The largest absolute Gasteiger partial charge is 0.481 e. The molecule has 0 amide bonds. The summed E-state index contributed by atoms with van der Waals surface area (Å²) in [5, 5.41) is 19.2. The Morgan fingerprint density at radius 2 is 1.74 bits per heavy atom. The number of aliphatic hydroxyl groups is 1. The number of aliphatic hydroxyl groups excluding tert-OH is 1. The van der Waals surface area contributed by atoms with Gasteiger partial charge < -0.3 is 15.1 Å². The molecule has 0 bridgehead atoms. The number of aliphatic carboxylic acids is 1. The average Bonchev–Trinajstić information content (AvgIpc) is 2.49. The van der Waals surface area contributed by atoms with Crippen LogP contribution in [0.2, 0.25) is 0 Å². The summed E-state index contributed by atoms with van der Waals surface area (Å²) >= 11 is 0. The van der Waals surface area contributed by atoms with Gasteiger partial charge in [0.2, 0.25) is 0 Å². The van der Waals surface area contributed by atoms with Crippen LogP contribution in [0.3, 0.4) is 0 Å². The molecule has 4 heteroatoms. The lowest BCUT2D eigenvalue weighted by Crippen LogP contribution is -2.29. The Hall–Kier alpha value is -1.39. The number of carboxylic acids is 1. The molecule has 1 rings (SSSR count). The van der Waals surface area contributed by atoms with Crippen LogP contribution >= 0.6 is 0 Å². The summed E-state index contributed by atoms with van der Waals surface area (Å²) in [7, 11) is 0. The lowest BCUT2D eigenvalue weighted by atomic mass is 9.86. The van der Waals surface area contributed by atoms with Gasteiger partial charge in [-0.3, -0.25) is 4.79 Å². The van der Waals surface area contributed by atoms with Crippen molar-refractivity contribution in [3.63, 3.8) is 0 Å². The van der Waals surface area contributed by atoms with E-state index in [4.69, 9.17) is 5.11 Å². The number of hydrogen-bond acceptors (Lipinski definition) is 3. The smallest absolute Gasteiger partial charge is 0.304 e. The molecule has 1 aromatic carbocycles. The van der Waals surface area contributed by atoms with Gasteiger partial charge in [-0.05, 0) is 35.9 Å². The fourth-order valence-electron chi connectivity index (χ4n) is 2.58. The Balaban J connectivity index is 2.56. The fraction of sp³-hybridized carbons (Fsp3) is 0.632. The van der Waals surface area contributed by atoms with Crippen LogP contribution < -0.4 is 0 Å². The Kier molecular flexibility index (Phi) is 7.73. The first-order chi connectivity index (χ1) is 10.7. The molecule has 2 N–H and O–H groups in total. The van der Waals surface area contributed by atoms with Crippen molar-refractivity contribution in [2.75, 3.05) is 19.6 Å². The zero-order valence-corrected chi connectivity index (χ0v) is 14.9. The molecule has 0 spiro atoms. The van der Waals surface area contributed by atoms with Crippen molar-refractivity contribution in [1.82, 2.24) is 4.90 Å². The Morgan fingerprint density at radius 1 is 1.13 bits per heavy atom. The minimum atomic E-state index is -0.774. The van der Waals surface area contributed by atoms with E-state index < -0.39 is 12.1 Å². The van der Waals surface area contributed by atoms with Crippen LogP contribution in [-0.2, 0) is 10.2 Å². The third-order valence-corrected chi connectivity index (χ3v) is 4.06. The van der Waals surface area contributed by atoms with Gasteiger partial charge in [0.1, 0.15) is 0 Å². The predicted octanol–water partition coefficient (Wildman–Crippen LogP) is 3.59. The van der Waals surface area contributed by atoms with Crippen molar-refractivity contribution in [2.24, 2.45) is 0 Å². The van der Waals surface area contributed by atoms with Crippen LogP contribution in [0.25, 0.3) is 0 Å². The van der Waals surface area contributed by atoms with E-state index in [0.29, 0.717) is 19.5 Å². The second kappa shape index (κ2) is 9.04. The highest BCUT2D eigenvalue weighted by Gasteiger charge is 2.15. The van der Waals surface area contributed by atoms with Gasteiger partial charge in [-0.25, -0.2) is 0 Å². The number of carbonyl (C=O) groups is 1. The molecule has 0 saturated heterocycles. The Morgan fingerprint density at radius 3 is 2.22 bits per heavy atom. The molecule has 0 aliphatic carbocycles. The van der Waals surface area contributed by atoms with Crippen LogP contribution in [0.15, 0.2) is 24.3 Å². The van der Waals surface area contributed by atoms with E-state index >= 15 is 0 Å². The van der Waals surface area contributed by atoms with Crippen molar-refractivity contribution >= 4 is 5.97 Å². The summed E-state index contributed by atoms with van der Waals surface area (Å²) in [4.78, 5) is 12.8. The Bertz CT molecular complexity index is 476. The number of rotatable bonds is 9.